The van der Waals surface area contributed by atoms with Gasteiger partial charge in [-0.3, -0.25) is 0 Å². The lowest BCUT2D eigenvalue weighted by molar-refractivity contribution is 0.749. The van der Waals surface area contributed by atoms with E-state index in [0.29, 0.717) is 0 Å². The number of rotatable bonds is 8. The van der Waals surface area contributed by atoms with Gasteiger partial charge in [-0.05, 0) is 140 Å². The SMILES string of the molecule is c1ccc(-c2cccc(-c3ccccc3N(c3ccc(-c4cccc(-n5c6ccccc6c6ccccc65)c4)cc3)c3ccccc3-c3ccc4c(c3)C3(c5ccccc5-4)c4ccccc4-n4c5ccccc5c5cccc3c54)c2)cc1. The second-order valence-corrected chi connectivity index (χ2v) is 21.9. The van der Waals surface area contributed by atoms with Crippen molar-refractivity contribution in [2.45, 2.75) is 5.41 Å². The fourth-order valence-electron chi connectivity index (χ4n) is 14.3. The van der Waals surface area contributed by atoms with Crippen molar-refractivity contribution >= 4 is 60.7 Å². The zero-order chi connectivity index (χ0) is 53.9. The summed E-state index contributed by atoms with van der Waals surface area (Å²) in [6.07, 6.45) is 0. The third kappa shape index (κ3) is 6.71. The van der Waals surface area contributed by atoms with Gasteiger partial charge in [-0.1, -0.05) is 237 Å². The molecule has 3 heterocycles. The van der Waals surface area contributed by atoms with Crippen molar-refractivity contribution in [1.29, 1.82) is 0 Å². The number of anilines is 3. The van der Waals surface area contributed by atoms with Crippen LogP contribution in [-0.2, 0) is 5.41 Å². The van der Waals surface area contributed by atoms with Crippen molar-refractivity contribution in [3.05, 3.63) is 332 Å². The van der Waals surface area contributed by atoms with Crippen LogP contribution in [-0.4, -0.2) is 9.13 Å². The Hall–Kier alpha value is -10.7. The Morgan fingerprint density at radius 1 is 0.256 bits per heavy atom. The first-order valence-corrected chi connectivity index (χ1v) is 28.4. The molecule has 0 saturated heterocycles. The summed E-state index contributed by atoms with van der Waals surface area (Å²) in [6.45, 7) is 0. The van der Waals surface area contributed by atoms with Crippen molar-refractivity contribution in [1.82, 2.24) is 9.13 Å². The lowest BCUT2D eigenvalue weighted by atomic mass is 9.65. The second-order valence-electron chi connectivity index (χ2n) is 21.9. The smallest absolute Gasteiger partial charge is 0.0754 e. The van der Waals surface area contributed by atoms with Gasteiger partial charge in [-0.15, -0.1) is 0 Å². The maximum atomic E-state index is 2.53. The molecule has 1 aliphatic heterocycles. The van der Waals surface area contributed by atoms with Crippen molar-refractivity contribution in [3.8, 4) is 67.0 Å². The normalized spacial score (nSPS) is 13.9. The fraction of sp³-hybridized carbons (Fsp3) is 0.0127. The molecule has 1 unspecified atom stereocenters. The molecule has 382 valence electrons. The summed E-state index contributed by atoms with van der Waals surface area (Å²) in [5, 5.41) is 5.06. The van der Waals surface area contributed by atoms with E-state index in [2.05, 4.69) is 323 Å². The average molecular weight is 1040 g/mol. The maximum Gasteiger partial charge on any atom is 0.0754 e. The minimum absolute atomic E-state index is 0.581. The Morgan fingerprint density at radius 3 is 1.44 bits per heavy atom. The minimum Gasteiger partial charge on any atom is -0.309 e. The molecular weight excluding hydrogens is 991 g/mol. The van der Waals surface area contributed by atoms with Crippen LogP contribution in [0.5, 0.6) is 0 Å². The van der Waals surface area contributed by atoms with E-state index in [-0.39, 0.29) is 0 Å². The van der Waals surface area contributed by atoms with Gasteiger partial charge in [0, 0.05) is 44.0 Å². The predicted molar refractivity (Wildman–Crippen MR) is 342 cm³/mol. The van der Waals surface area contributed by atoms with E-state index in [1.165, 1.54) is 93.8 Å². The lowest BCUT2D eigenvalue weighted by Crippen LogP contribution is -2.33. The van der Waals surface area contributed by atoms with Crippen molar-refractivity contribution in [2.75, 3.05) is 4.90 Å². The molecule has 0 bridgehead atoms. The molecule has 82 heavy (non-hydrogen) atoms. The monoisotopic (exact) mass is 1040 g/mol. The molecule has 13 aromatic carbocycles. The van der Waals surface area contributed by atoms with E-state index in [1.807, 2.05) is 0 Å². The van der Waals surface area contributed by atoms with Gasteiger partial charge in [-0.2, -0.15) is 0 Å². The Bertz CT molecular complexity index is 5010. The standard InChI is InChI=1S/C79H51N3/c1-2-21-52(22-3-1)54-23-18-25-56(49-54)60-27-5-12-37-72(60)80(58-46-43-53(44-47-58)55-24-19-26-59(50-55)81-74-39-14-7-30-64(74)65-31-8-15-40-75(65)81)73-38-13-6-28-61(73)57-45-48-63-62-29-4-10-34-68(62)79(71(63)51-57)69-35-11-17-42-77(69)82-76-41-16-9-32-66(76)67-33-20-36-70(79)78(67)82/h1-51H. The number of hydrogen-bond acceptors (Lipinski definition) is 1. The van der Waals surface area contributed by atoms with Crippen molar-refractivity contribution in [2.24, 2.45) is 0 Å². The predicted octanol–water partition coefficient (Wildman–Crippen LogP) is 20.7. The molecule has 0 radical (unpaired) electrons. The van der Waals surface area contributed by atoms with E-state index in [0.717, 1.165) is 56.1 Å². The van der Waals surface area contributed by atoms with Crippen molar-refractivity contribution < 1.29 is 0 Å². The van der Waals surface area contributed by atoms with E-state index in [9.17, 15) is 0 Å². The molecule has 0 saturated carbocycles. The quantitative estimate of drug-likeness (QED) is 0.148. The Kier molecular flexibility index (Phi) is 10.2. The second kappa shape index (κ2) is 18.2. The van der Waals surface area contributed by atoms with Crippen LogP contribution in [0.4, 0.5) is 17.1 Å². The molecule has 1 spiro atoms. The highest BCUT2D eigenvalue weighted by atomic mass is 15.1. The molecule has 0 fully saturated rings. The van der Waals surface area contributed by atoms with Crippen LogP contribution in [0.25, 0.3) is 111 Å². The molecule has 0 amide bonds. The zero-order valence-corrected chi connectivity index (χ0v) is 44.8. The van der Waals surface area contributed by atoms with Gasteiger partial charge < -0.3 is 14.0 Å². The van der Waals surface area contributed by atoms with Gasteiger partial charge in [0.2, 0.25) is 0 Å². The minimum atomic E-state index is -0.581. The molecule has 2 aromatic heterocycles. The average Bonchev–Trinajstić information content (AvgIpc) is 2.70. The number of fused-ring (bicyclic) bond motifs is 15. The summed E-state index contributed by atoms with van der Waals surface area (Å²) < 4.78 is 4.93. The molecule has 17 rings (SSSR count). The largest absolute Gasteiger partial charge is 0.309 e. The molecule has 15 aromatic rings. The maximum absolute atomic E-state index is 2.53. The Balaban J connectivity index is 0.858. The van der Waals surface area contributed by atoms with Gasteiger partial charge in [0.15, 0.2) is 0 Å². The van der Waals surface area contributed by atoms with Gasteiger partial charge in [0.25, 0.3) is 0 Å². The highest BCUT2D eigenvalue weighted by Crippen LogP contribution is 2.62. The first-order valence-electron chi connectivity index (χ1n) is 28.4. The summed E-state index contributed by atoms with van der Waals surface area (Å²) in [5.74, 6) is 0. The van der Waals surface area contributed by atoms with Gasteiger partial charge >= 0.3 is 0 Å². The Morgan fingerprint density at radius 2 is 0.720 bits per heavy atom. The number of benzene rings is 13. The number of nitrogens with zero attached hydrogens (tertiary/aromatic N) is 3. The van der Waals surface area contributed by atoms with E-state index < -0.39 is 5.41 Å². The molecule has 2 aliphatic rings. The van der Waals surface area contributed by atoms with Crippen LogP contribution in [0.3, 0.4) is 0 Å². The third-order valence-electron chi connectivity index (χ3n) is 17.7. The summed E-state index contributed by atoms with van der Waals surface area (Å²) in [5.41, 5.74) is 27.0. The Labute approximate surface area is 476 Å². The molecular formula is C79H51N3. The first-order chi connectivity index (χ1) is 40.7. The van der Waals surface area contributed by atoms with Crippen LogP contribution in [0, 0.1) is 0 Å². The van der Waals surface area contributed by atoms with Crippen LogP contribution in [0.15, 0.2) is 309 Å². The van der Waals surface area contributed by atoms with E-state index >= 15 is 0 Å². The first kappa shape index (κ1) is 46.2. The lowest BCUT2D eigenvalue weighted by Gasteiger charge is -2.39. The topological polar surface area (TPSA) is 13.1 Å². The third-order valence-corrected chi connectivity index (χ3v) is 17.7. The van der Waals surface area contributed by atoms with Crippen LogP contribution in [0.2, 0.25) is 0 Å². The van der Waals surface area contributed by atoms with Crippen LogP contribution in [0.1, 0.15) is 22.3 Å². The van der Waals surface area contributed by atoms with E-state index in [4.69, 9.17) is 0 Å². The number of para-hydroxylation sites is 7. The fourth-order valence-corrected chi connectivity index (χ4v) is 14.3. The van der Waals surface area contributed by atoms with Crippen LogP contribution < -0.4 is 4.90 Å². The van der Waals surface area contributed by atoms with Crippen LogP contribution >= 0.6 is 0 Å². The van der Waals surface area contributed by atoms with Gasteiger partial charge in [0.05, 0.1) is 44.5 Å². The molecule has 1 atom stereocenters. The summed E-state index contributed by atoms with van der Waals surface area (Å²) in [4.78, 5) is 2.49. The molecule has 1 aliphatic carbocycles. The zero-order valence-electron chi connectivity index (χ0n) is 44.8. The highest BCUT2D eigenvalue weighted by molar-refractivity contribution is 6.13. The molecule has 3 heteroatoms. The van der Waals surface area contributed by atoms with Crippen molar-refractivity contribution in [3.63, 3.8) is 0 Å². The van der Waals surface area contributed by atoms with Gasteiger partial charge in [0.1, 0.15) is 0 Å². The molecule has 3 nitrogen and oxygen atoms in total. The summed E-state index contributed by atoms with van der Waals surface area (Å²) in [7, 11) is 0. The molecule has 0 N–H and O–H groups in total. The summed E-state index contributed by atoms with van der Waals surface area (Å²) in [6, 6.07) is 115. The summed E-state index contributed by atoms with van der Waals surface area (Å²) >= 11 is 0. The van der Waals surface area contributed by atoms with Gasteiger partial charge in [-0.25, -0.2) is 0 Å². The number of hydrogen-bond donors (Lipinski definition) is 0. The number of aromatic nitrogens is 2. The van der Waals surface area contributed by atoms with E-state index in [1.54, 1.807) is 0 Å². The highest BCUT2D eigenvalue weighted by Gasteiger charge is 2.51.